The number of fused-ring (bicyclic) bond motifs is 1. The van der Waals surface area contributed by atoms with E-state index in [0.717, 1.165) is 54.3 Å². The fourth-order valence-electron chi connectivity index (χ4n) is 5.67. The van der Waals surface area contributed by atoms with Gasteiger partial charge in [0.15, 0.2) is 0 Å². The van der Waals surface area contributed by atoms with Crippen LogP contribution in [-0.4, -0.2) is 28.0 Å². The van der Waals surface area contributed by atoms with Gasteiger partial charge in [-0.25, -0.2) is 9.78 Å². The number of amides is 1. The second-order valence-electron chi connectivity index (χ2n) is 11.8. The van der Waals surface area contributed by atoms with Gasteiger partial charge in [-0.2, -0.15) is 13.2 Å². The lowest BCUT2D eigenvalue weighted by atomic mass is 9.97. The minimum absolute atomic E-state index is 0.0853. The maximum atomic E-state index is 13.3. The first-order chi connectivity index (χ1) is 21.0. The van der Waals surface area contributed by atoms with Crippen molar-refractivity contribution in [2.24, 2.45) is 5.92 Å². The Balaban J connectivity index is 1.39. The summed E-state index contributed by atoms with van der Waals surface area (Å²) < 4.78 is 45.0. The van der Waals surface area contributed by atoms with Crippen molar-refractivity contribution in [3.63, 3.8) is 0 Å². The van der Waals surface area contributed by atoms with Crippen LogP contribution in [0.4, 0.5) is 13.2 Å². The van der Waals surface area contributed by atoms with Crippen molar-refractivity contribution in [3.05, 3.63) is 101 Å². The highest BCUT2D eigenvalue weighted by molar-refractivity contribution is 5.99. The lowest BCUT2D eigenvalue weighted by molar-refractivity contribution is -0.139. The molecule has 3 aromatic carbocycles. The highest BCUT2D eigenvalue weighted by Crippen LogP contribution is 2.33. The lowest BCUT2D eigenvalue weighted by Gasteiger charge is -2.17. The van der Waals surface area contributed by atoms with Gasteiger partial charge in [-0.3, -0.25) is 4.79 Å². The molecule has 1 aromatic heterocycles. The van der Waals surface area contributed by atoms with E-state index in [-0.39, 0.29) is 12.1 Å². The predicted molar refractivity (Wildman–Crippen MR) is 162 cm³/mol. The number of hydrogen-bond donors (Lipinski definition) is 2. The molecule has 0 saturated heterocycles. The number of pyridine rings is 1. The predicted octanol–water partition coefficient (Wildman–Crippen LogP) is 8.33. The van der Waals surface area contributed by atoms with Crippen molar-refractivity contribution in [2.45, 2.75) is 70.5 Å². The summed E-state index contributed by atoms with van der Waals surface area (Å²) in [4.78, 5) is 30.1. The van der Waals surface area contributed by atoms with Crippen LogP contribution >= 0.6 is 0 Å². The number of nitrogens with zero attached hydrogens (tertiary/aromatic N) is 1. The van der Waals surface area contributed by atoms with Gasteiger partial charge in [0.2, 0.25) is 0 Å². The number of carboxylic acid groups (broad SMARTS) is 1. The average molecular weight is 605 g/mol. The van der Waals surface area contributed by atoms with Crippen LogP contribution in [0.25, 0.3) is 10.8 Å². The van der Waals surface area contributed by atoms with Crippen molar-refractivity contribution in [2.75, 3.05) is 0 Å². The molecule has 1 aliphatic rings. The summed E-state index contributed by atoms with van der Waals surface area (Å²) in [5.74, 6) is 0.240. The fourth-order valence-corrected chi connectivity index (χ4v) is 5.67. The van der Waals surface area contributed by atoms with E-state index in [0.29, 0.717) is 35.3 Å². The van der Waals surface area contributed by atoms with Gasteiger partial charge < -0.3 is 15.2 Å². The summed E-state index contributed by atoms with van der Waals surface area (Å²) in [6.07, 6.45) is 0.446. The third-order valence-corrected chi connectivity index (χ3v) is 8.18. The number of aromatic nitrogens is 1. The smallest absolute Gasteiger partial charge is 0.416 e. The van der Waals surface area contributed by atoms with Crippen LogP contribution in [0.5, 0.6) is 11.5 Å². The summed E-state index contributed by atoms with van der Waals surface area (Å²) in [7, 11) is 0. The van der Waals surface area contributed by atoms with Gasteiger partial charge >= 0.3 is 12.1 Å². The van der Waals surface area contributed by atoms with Crippen LogP contribution in [0.15, 0.2) is 72.8 Å². The van der Waals surface area contributed by atoms with Crippen LogP contribution in [0.3, 0.4) is 0 Å². The zero-order chi connectivity index (χ0) is 31.4. The molecule has 0 bridgehead atoms. The van der Waals surface area contributed by atoms with E-state index >= 15 is 0 Å². The second-order valence-corrected chi connectivity index (χ2v) is 11.8. The molecule has 0 unspecified atom stereocenters. The summed E-state index contributed by atoms with van der Waals surface area (Å²) >= 11 is 0. The molecule has 5 rings (SSSR count). The molecule has 4 aromatic rings. The number of rotatable bonds is 10. The van der Waals surface area contributed by atoms with Crippen molar-refractivity contribution >= 4 is 22.6 Å². The van der Waals surface area contributed by atoms with Gasteiger partial charge in [0, 0.05) is 17.5 Å². The molecule has 0 radical (unpaired) electrons. The molecule has 1 fully saturated rings. The van der Waals surface area contributed by atoms with Crippen LogP contribution in [-0.2, 0) is 23.8 Å². The monoisotopic (exact) mass is 604 g/mol. The van der Waals surface area contributed by atoms with E-state index in [4.69, 9.17) is 9.72 Å². The number of alkyl halides is 3. The van der Waals surface area contributed by atoms with Crippen LogP contribution in [0.2, 0.25) is 0 Å². The second kappa shape index (κ2) is 13.1. The third kappa shape index (κ3) is 7.56. The number of carbonyl (C=O) groups is 2. The molecule has 0 spiro atoms. The Kier molecular flexibility index (Phi) is 9.22. The molecule has 1 saturated carbocycles. The van der Waals surface area contributed by atoms with E-state index in [1.807, 2.05) is 42.5 Å². The molecule has 9 heteroatoms. The maximum Gasteiger partial charge on any atom is 0.416 e. The fraction of sp³-hybridized carbons (Fsp3) is 0.343. The number of halogens is 3. The minimum atomic E-state index is -4.50. The number of carbonyl (C=O) groups excluding carboxylic acids is 1. The van der Waals surface area contributed by atoms with Gasteiger partial charge in [0.25, 0.3) is 5.91 Å². The molecule has 1 atom stereocenters. The molecule has 1 heterocycles. The number of nitrogens with one attached hydrogen (secondary N) is 1. The van der Waals surface area contributed by atoms with Gasteiger partial charge in [-0.05, 0) is 77.2 Å². The quantitative estimate of drug-likeness (QED) is 0.190. The Labute approximate surface area is 254 Å². The maximum absolute atomic E-state index is 13.3. The van der Waals surface area contributed by atoms with E-state index < -0.39 is 29.7 Å². The zero-order valence-electron chi connectivity index (χ0n) is 24.7. The Morgan fingerprint density at radius 2 is 1.61 bits per heavy atom. The largest absolute Gasteiger partial charge is 0.480 e. The van der Waals surface area contributed by atoms with Crippen molar-refractivity contribution < 1.29 is 32.6 Å². The Hall–Kier alpha value is -4.40. The molecular weight excluding hydrogens is 569 g/mol. The first-order valence-corrected chi connectivity index (χ1v) is 14.9. The number of aliphatic carboxylic acids is 1. The summed E-state index contributed by atoms with van der Waals surface area (Å²) in [5, 5.41) is 14.0. The van der Waals surface area contributed by atoms with Gasteiger partial charge in [-0.15, -0.1) is 0 Å². The highest BCUT2D eigenvalue weighted by atomic mass is 19.4. The first kappa shape index (κ1) is 31.0. The molecule has 6 nitrogen and oxygen atoms in total. The Bertz CT molecular complexity index is 1630. The molecule has 2 N–H and O–H groups in total. The molecule has 1 aliphatic carbocycles. The summed E-state index contributed by atoms with van der Waals surface area (Å²) in [5.41, 5.74) is 1.57. The molecule has 44 heavy (non-hydrogen) atoms. The molecule has 1 amide bonds. The third-order valence-electron chi connectivity index (χ3n) is 8.18. The number of benzene rings is 3. The van der Waals surface area contributed by atoms with E-state index in [1.54, 1.807) is 6.07 Å². The topological polar surface area (TPSA) is 88.5 Å². The van der Waals surface area contributed by atoms with Crippen LogP contribution < -0.4 is 10.1 Å². The SMILES string of the molecule is CC(C)c1ccc(Oc2ccc3cc(C(=O)N[C@@H](Cc4ccc(C(F)(F)F)cc4)C(=O)O)nc(CC4CCCC4)c3c2)cc1. The van der Waals surface area contributed by atoms with Gasteiger partial charge in [0.1, 0.15) is 23.2 Å². The minimum Gasteiger partial charge on any atom is -0.480 e. The van der Waals surface area contributed by atoms with Gasteiger partial charge in [-0.1, -0.05) is 69.9 Å². The van der Waals surface area contributed by atoms with E-state index in [9.17, 15) is 27.9 Å². The summed E-state index contributed by atoms with van der Waals surface area (Å²) in [6, 6.07) is 18.1. The van der Waals surface area contributed by atoms with Crippen molar-refractivity contribution in [1.82, 2.24) is 10.3 Å². The van der Waals surface area contributed by atoms with Crippen molar-refractivity contribution in [1.29, 1.82) is 0 Å². The molecule has 0 aliphatic heterocycles. The number of carboxylic acids is 1. The van der Waals surface area contributed by atoms with Crippen molar-refractivity contribution in [3.8, 4) is 11.5 Å². The number of ether oxygens (including phenoxy) is 1. The summed E-state index contributed by atoms with van der Waals surface area (Å²) in [6.45, 7) is 4.27. The number of hydrogen-bond acceptors (Lipinski definition) is 4. The van der Waals surface area contributed by atoms with E-state index in [1.165, 1.54) is 17.7 Å². The Morgan fingerprint density at radius 3 is 2.23 bits per heavy atom. The van der Waals surface area contributed by atoms with Crippen LogP contribution in [0, 0.1) is 5.92 Å². The molecule has 230 valence electrons. The van der Waals surface area contributed by atoms with Crippen LogP contribution in [0.1, 0.15) is 78.3 Å². The average Bonchev–Trinajstić information content (AvgIpc) is 3.50. The molecular formula is C35H35F3N2O4. The van der Waals surface area contributed by atoms with Gasteiger partial charge in [0.05, 0.1) is 5.56 Å². The normalized spacial score (nSPS) is 14.6. The standard InChI is InChI=1S/C35H35F3N2O4/c1-21(2)24-9-14-27(15-10-24)44-28-16-11-25-19-31(39-30(29(25)20-28)17-22-5-3-4-6-22)33(41)40-32(34(42)43)18-23-7-12-26(13-8-23)35(36,37)38/h7-16,19-22,32H,3-6,17-18H2,1-2H3,(H,40,41)(H,42,43)/t32-/m0/s1. The zero-order valence-corrected chi connectivity index (χ0v) is 24.7. The Morgan fingerprint density at radius 1 is 0.955 bits per heavy atom. The first-order valence-electron chi connectivity index (χ1n) is 14.9. The highest BCUT2D eigenvalue weighted by Gasteiger charge is 2.30. The van der Waals surface area contributed by atoms with E-state index in [2.05, 4.69) is 19.2 Å². The lowest BCUT2D eigenvalue weighted by Crippen LogP contribution is -2.42.